The number of para-hydroxylation sites is 1. The minimum absolute atomic E-state index is 0.455. The topological polar surface area (TPSA) is 71.3 Å². The van der Waals surface area contributed by atoms with Crippen molar-refractivity contribution < 1.29 is 12.8 Å². The SMILES string of the molecule is Cc1oc2ccccc2c1CNCCCNS(C)(=O)=O. The van der Waals surface area contributed by atoms with E-state index in [4.69, 9.17) is 4.42 Å². The first kappa shape index (κ1) is 15.0. The monoisotopic (exact) mass is 296 g/mol. The van der Waals surface area contributed by atoms with Gasteiger partial charge in [-0.05, 0) is 26.0 Å². The Morgan fingerprint density at radius 3 is 2.70 bits per heavy atom. The maximum absolute atomic E-state index is 10.9. The van der Waals surface area contributed by atoms with Crippen molar-refractivity contribution in [3.63, 3.8) is 0 Å². The highest BCUT2D eigenvalue weighted by molar-refractivity contribution is 7.88. The van der Waals surface area contributed by atoms with Crippen LogP contribution >= 0.6 is 0 Å². The molecule has 20 heavy (non-hydrogen) atoms. The van der Waals surface area contributed by atoms with Crippen LogP contribution in [0.5, 0.6) is 0 Å². The fourth-order valence-corrected chi connectivity index (χ4v) is 2.64. The maximum atomic E-state index is 10.9. The molecule has 0 radical (unpaired) electrons. The summed E-state index contributed by atoms with van der Waals surface area (Å²) in [6.07, 6.45) is 1.92. The molecule has 0 fully saturated rings. The lowest BCUT2D eigenvalue weighted by Crippen LogP contribution is -2.26. The molecule has 5 nitrogen and oxygen atoms in total. The molecule has 0 saturated heterocycles. The number of hydrogen-bond acceptors (Lipinski definition) is 4. The summed E-state index contributed by atoms with van der Waals surface area (Å²) in [7, 11) is -3.08. The van der Waals surface area contributed by atoms with Crippen LogP contribution in [0.25, 0.3) is 11.0 Å². The Balaban J connectivity index is 1.83. The molecule has 0 spiro atoms. The second kappa shape index (κ2) is 6.39. The summed E-state index contributed by atoms with van der Waals surface area (Å²) in [5, 5.41) is 4.44. The first-order valence-electron chi connectivity index (χ1n) is 6.60. The van der Waals surface area contributed by atoms with Gasteiger partial charge >= 0.3 is 0 Å². The molecule has 0 bridgehead atoms. The first-order chi connectivity index (χ1) is 9.47. The highest BCUT2D eigenvalue weighted by Crippen LogP contribution is 2.24. The van der Waals surface area contributed by atoms with Crippen LogP contribution < -0.4 is 10.0 Å². The molecule has 2 rings (SSSR count). The number of furan rings is 1. The predicted molar refractivity (Wildman–Crippen MR) is 80.1 cm³/mol. The van der Waals surface area contributed by atoms with Crippen molar-refractivity contribution in [2.24, 2.45) is 0 Å². The van der Waals surface area contributed by atoms with Crippen molar-refractivity contribution >= 4 is 21.0 Å². The number of rotatable bonds is 7. The van der Waals surface area contributed by atoms with Crippen molar-refractivity contribution in [3.8, 4) is 0 Å². The van der Waals surface area contributed by atoms with Gasteiger partial charge in [0.15, 0.2) is 0 Å². The zero-order valence-corrected chi connectivity index (χ0v) is 12.6. The largest absolute Gasteiger partial charge is 0.461 e. The number of nitrogens with one attached hydrogen (secondary N) is 2. The second-order valence-corrected chi connectivity index (χ2v) is 6.66. The summed E-state index contributed by atoms with van der Waals surface area (Å²) in [4.78, 5) is 0. The fraction of sp³-hybridized carbons (Fsp3) is 0.429. The molecule has 0 aliphatic rings. The molecule has 0 amide bonds. The molecule has 6 heteroatoms. The van der Waals surface area contributed by atoms with Gasteiger partial charge in [0.05, 0.1) is 6.26 Å². The Morgan fingerprint density at radius 1 is 1.20 bits per heavy atom. The normalized spacial score (nSPS) is 12.1. The van der Waals surface area contributed by atoms with Crippen LogP contribution in [0.15, 0.2) is 28.7 Å². The maximum Gasteiger partial charge on any atom is 0.208 e. The third-order valence-electron chi connectivity index (χ3n) is 3.10. The third-order valence-corrected chi connectivity index (χ3v) is 3.83. The van der Waals surface area contributed by atoms with Gasteiger partial charge in [0.2, 0.25) is 10.0 Å². The van der Waals surface area contributed by atoms with Gasteiger partial charge in [0.1, 0.15) is 11.3 Å². The average Bonchev–Trinajstić information content (AvgIpc) is 2.68. The first-order valence-corrected chi connectivity index (χ1v) is 8.49. The molecule has 0 aliphatic heterocycles. The highest BCUT2D eigenvalue weighted by atomic mass is 32.2. The van der Waals surface area contributed by atoms with Crippen LogP contribution in [0.2, 0.25) is 0 Å². The molecule has 1 aromatic heterocycles. The van der Waals surface area contributed by atoms with E-state index in [2.05, 4.69) is 10.0 Å². The van der Waals surface area contributed by atoms with Gasteiger partial charge in [0, 0.05) is 24.0 Å². The minimum atomic E-state index is -3.08. The van der Waals surface area contributed by atoms with Gasteiger partial charge in [-0.2, -0.15) is 0 Å². The van der Waals surface area contributed by atoms with Gasteiger partial charge in [-0.3, -0.25) is 0 Å². The van der Waals surface area contributed by atoms with E-state index in [9.17, 15) is 8.42 Å². The number of fused-ring (bicyclic) bond motifs is 1. The second-order valence-electron chi connectivity index (χ2n) is 4.83. The lowest BCUT2D eigenvalue weighted by Gasteiger charge is -2.05. The molecule has 0 atom stereocenters. The zero-order valence-electron chi connectivity index (χ0n) is 11.8. The van der Waals surface area contributed by atoms with E-state index in [1.54, 1.807) is 0 Å². The molecule has 2 N–H and O–H groups in total. The molecule has 1 aromatic carbocycles. The van der Waals surface area contributed by atoms with E-state index < -0.39 is 10.0 Å². The van der Waals surface area contributed by atoms with Crippen LogP contribution in [0.1, 0.15) is 17.7 Å². The van der Waals surface area contributed by atoms with Gasteiger partial charge in [-0.1, -0.05) is 18.2 Å². The molecule has 2 aromatic rings. The van der Waals surface area contributed by atoms with E-state index in [0.717, 1.165) is 41.8 Å². The summed E-state index contributed by atoms with van der Waals surface area (Å²) in [6, 6.07) is 7.96. The Morgan fingerprint density at radius 2 is 1.95 bits per heavy atom. The standard InChI is InChI=1S/C14H20N2O3S/c1-11-13(12-6-3-4-7-14(12)19-11)10-15-8-5-9-16-20(2,17)18/h3-4,6-7,15-16H,5,8-10H2,1-2H3. The number of hydrogen-bond donors (Lipinski definition) is 2. The Hall–Kier alpha value is -1.37. The number of aryl methyl sites for hydroxylation is 1. The molecule has 110 valence electrons. The van der Waals surface area contributed by atoms with E-state index in [0.29, 0.717) is 6.54 Å². The van der Waals surface area contributed by atoms with Crippen LogP contribution in [0.3, 0.4) is 0 Å². The summed E-state index contributed by atoms with van der Waals surface area (Å²) in [6.45, 7) is 3.89. The summed E-state index contributed by atoms with van der Waals surface area (Å²) >= 11 is 0. The Labute approximate surface area is 119 Å². The predicted octanol–water partition coefficient (Wildman–Crippen LogP) is 1.77. The van der Waals surface area contributed by atoms with Gasteiger partial charge < -0.3 is 9.73 Å². The van der Waals surface area contributed by atoms with E-state index in [1.165, 1.54) is 6.26 Å². The van der Waals surface area contributed by atoms with Crippen LogP contribution in [-0.2, 0) is 16.6 Å². The van der Waals surface area contributed by atoms with Crippen LogP contribution in [0, 0.1) is 6.92 Å². The lowest BCUT2D eigenvalue weighted by atomic mass is 10.1. The minimum Gasteiger partial charge on any atom is -0.461 e. The Kier molecular flexibility index (Phi) is 4.80. The molecule has 1 heterocycles. The van der Waals surface area contributed by atoms with Crippen molar-refractivity contribution in [3.05, 3.63) is 35.6 Å². The molecule has 0 aliphatic carbocycles. The Bertz CT molecular complexity index is 677. The highest BCUT2D eigenvalue weighted by Gasteiger charge is 2.09. The number of sulfonamides is 1. The quantitative estimate of drug-likeness (QED) is 0.764. The molecule has 0 unspecified atom stereocenters. The van der Waals surface area contributed by atoms with Gasteiger partial charge in [-0.15, -0.1) is 0 Å². The van der Waals surface area contributed by atoms with E-state index in [1.807, 2.05) is 31.2 Å². The summed E-state index contributed by atoms with van der Waals surface area (Å²) in [5.74, 6) is 0.924. The van der Waals surface area contributed by atoms with Crippen molar-refractivity contribution in [2.45, 2.75) is 19.9 Å². The molecular weight excluding hydrogens is 276 g/mol. The average molecular weight is 296 g/mol. The third kappa shape index (κ3) is 4.06. The van der Waals surface area contributed by atoms with Crippen LogP contribution in [0.4, 0.5) is 0 Å². The zero-order chi connectivity index (χ0) is 14.6. The lowest BCUT2D eigenvalue weighted by molar-refractivity contribution is 0.561. The fourth-order valence-electron chi connectivity index (χ4n) is 2.13. The summed E-state index contributed by atoms with van der Waals surface area (Å²) < 4.78 is 30.0. The number of benzene rings is 1. The van der Waals surface area contributed by atoms with Crippen molar-refractivity contribution in [2.75, 3.05) is 19.3 Å². The van der Waals surface area contributed by atoms with Gasteiger partial charge in [0.25, 0.3) is 0 Å². The summed E-state index contributed by atoms with van der Waals surface area (Å²) in [5.41, 5.74) is 2.07. The van der Waals surface area contributed by atoms with E-state index >= 15 is 0 Å². The van der Waals surface area contributed by atoms with E-state index in [-0.39, 0.29) is 0 Å². The van der Waals surface area contributed by atoms with Gasteiger partial charge in [-0.25, -0.2) is 13.1 Å². The van der Waals surface area contributed by atoms with Crippen molar-refractivity contribution in [1.82, 2.24) is 10.0 Å². The molecular formula is C14H20N2O3S. The molecule has 0 saturated carbocycles. The van der Waals surface area contributed by atoms with Crippen molar-refractivity contribution in [1.29, 1.82) is 0 Å². The smallest absolute Gasteiger partial charge is 0.208 e. The van der Waals surface area contributed by atoms with Crippen LogP contribution in [-0.4, -0.2) is 27.8 Å².